The van der Waals surface area contributed by atoms with E-state index in [4.69, 9.17) is 20.1 Å². The Balaban J connectivity index is 0.956. The van der Waals surface area contributed by atoms with Crippen molar-refractivity contribution in [2.45, 2.75) is 0 Å². The molecule has 0 radical (unpaired) electrons. The summed E-state index contributed by atoms with van der Waals surface area (Å²) >= 11 is 0. The highest BCUT2D eigenvalue weighted by Crippen LogP contribution is 2.42. The standard InChI is InChI=1S/C62H41N5/c1-6-16-42(17-7-1)44-26-32-50(33-27-44)60-63-61(51-34-28-45(29-35-51)43-18-8-2-9-19-43)65-62(64-60)52-36-30-46(31-37-52)53-38-39-55-54(40-53)41-56(47-20-10-3-11-21-47)67-59(55)57(48-22-12-4-13-23-48)58(66-67)49-24-14-5-15-25-49/h1-41H. The zero-order valence-electron chi connectivity index (χ0n) is 36.4. The highest BCUT2D eigenvalue weighted by Gasteiger charge is 2.22. The predicted molar refractivity (Wildman–Crippen MR) is 275 cm³/mol. The fourth-order valence-electron chi connectivity index (χ4n) is 9.08. The monoisotopic (exact) mass is 855 g/mol. The predicted octanol–water partition coefficient (Wildman–Crippen LogP) is 15.7. The molecule has 9 aromatic carbocycles. The van der Waals surface area contributed by atoms with Gasteiger partial charge in [0.25, 0.3) is 0 Å². The number of hydrogen-bond acceptors (Lipinski definition) is 4. The molecule has 0 aliphatic rings. The first-order valence-corrected chi connectivity index (χ1v) is 22.5. The topological polar surface area (TPSA) is 56.0 Å². The van der Waals surface area contributed by atoms with E-state index in [1.54, 1.807) is 0 Å². The van der Waals surface area contributed by atoms with Crippen LogP contribution >= 0.6 is 0 Å². The molecule has 5 nitrogen and oxygen atoms in total. The van der Waals surface area contributed by atoms with Gasteiger partial charge in [-0.2, -0.15) is 5.10 Å². The molecule has 0 aliphatic carbocycles. The largest absolute Gasteiger partial charge is 0.231 e. The van der Waals surface area contributed by atoms with Crippen LogP contribution in [-0.4, -0.2) is 24.6 Å². The minimum atomic E-state index is 0.614. The van der Waals surface area contributed by atoms with E-state index in [-0.39, 0.29) is 0 Å². The van der Waals surface area contributed by atoms with Crippen LogP contribution in [0.15, 0.2) is 249 Å². The molecule has 3 heterocycles. The number of nitrogens with zero attached hydrogens (tertiary/aromatic N) is 5. The average molecular weight is 856 g/mol. The van der Waals surface area contributed by atoms with Crippen LogP contribution < -0.4 is 0 Å². The van der Waals surface area contributed by atoms with Crippen LogP contribution in [-0.2, 0) is 0 Å². The third-order valence-corrected chi connectivity index (χ3v) is 12.5. The highest BCUT2D eigenvalue weighted by molar-refractivity contribution is 6.09. The van der Waals surface area contributed by atoms with Gasteiger partial charge >= 0.3 is 0 Å². The normalized spacial score (nSPS) is 11.3. The molecular weight excluding hydrogens is 815 g/mol. The molecule has 0 bridgehead atoms. The second kappa shape index (κ2) is 17.1. The Hall–Kier alpha value is -9.06. The van der Waals surface area contributed by atoms with Gasteiger partial charge in [0, 0.05) is 38.8 Å². The Labute approximate surface area is 389 Å². The van der Waals surface area contributed by atoms with Crippen LogP contribution in [0.25, 0.3) is 117 Å². The Morgan fingerprint density at radius 2 is 0.612 bits per heavy atom. The van der Waals surface area contributed by atoms with Crippen LogP contribution in [0.2, 0.25) is 0 Å². The van der Waals surface area contributed by atoms with Crippen molar-refractivity contribution < 1.29 is 0 Å². The molecule has 0 unspecified atom stereocenters. The number of aromatic nitrogens is 5. The lowest BCUT2D eigenvalue weighted by molar-refractivity contribution is 0.979. The van der Waals surface area contributed by atoms with Gasteiger partial charge in [-0.25, -0.2) is 19.5 Å². The van der Waals surface area contributed by atoms with E-state index in [0.29, 0.717) is 17.5 Å². The molecule has 314 valence electrons. The van der Waals surface area contributed by atoms with Crippen molar-refractivity contribution in [3.63, 3.8) is 0 Å². The van der Waals surface area contributed by atoms with E-state index in [0.717, 1.165) is 100 Å². The SMILES string of the molecule is c1ccc(-c2ccc(-c3nc(-c4ccc(-c5ccccc5)cc4)nc(-c4ccc(-c5ccc6c(c5)cc(-c5ccccc5)n5nc(-c7ccccc7)c(-c7ccccc7)c65)cc4)n3)cc2)cc1. The van der Waals surface area contributed by atoms with E-state index in [9.17, 15) is 0 Å². The van der Waals surface area contributed by atoms with Gasteiger partial charge in [0.05, 0.1) is 11.2 Å². The zero-order valence-corrected chi connectivity index (χ0v) is 36.4. The lowest BCUT2D eigenvalue weighted by atomic mass is 9.95. The molecule has 67 heavy (non-hydrogen) atoms. The zero-order chi connectivity index (χ0) is 44.5. The second-order valence-electron chi connectivity index (χ2n) is 16.7. The molecule has 0 saturated heterocycles. The van der Waals surface area contributed by atoms with E-state index in [2.05, 4.69) is 241 Å². The third kappa shape index (κ3) is 7.64. The van der Waals surface area contributed by atoms with Crippen molar-refractivity contribution in [3.8, 4) is 101 Å². The lowest BCUT2D eigenvalue weighted by Crippen LogP contribution is -2.00. The Morgan fingerprint density at radius 1 is 0.269 bits per heavy atom. The molecule has 0 saturated carbocycles. The fourth-order valence-corrected chi connectivity index (χ4v) is 9.08. The molecule has 0 aliphatic heterocycles. The van der Waals surface area contributed by atoms with Crippen LogP contribution in [0.3, 0.4) is 0 Å². The minimum absolute atomic E-state index is 0.614. The van der Waals surface area contributed by atoms with Crippen molar-refractivity contribution in [1.82, 2.24) is 24.6 Å². The van der Waals surface area contributed by atoms with Gasteiger partial charge in [-0.3, -0.25) is 0 Å². The summed E-state index contributed by atoms with van der Waals surface area (Å²) in [5.74, 6) is 1.86. The molecule has 0 amide bonds. The Kier molecular flexibility index (Phi) is 10.1. The number of pyridine rings is 1. The van der Waals surface area contributed by atoms with E-state index in [1.807, 2.05) is 12.1 Å². The molecule has 0 spiro atoms. The fraction of sp³-hybridized carbons (Fsp3) is 0. The quantitative estimate of drug-likeness (QED) is 0.145. The Morgan fingerprint density at radius 3 is 1.06 bits per heavy atom. The average Bonchev–Trinajstić information content (AvgIpc) is 3.83. The maximum Gasteiger partial charge on any atom is 0.164 e. The molecule has 3 aromatic heterocycles. The van der Waals surface area contributed by atoms with Gasteiger partial charge < -0.3 is 0 Å². The molecule has 12 aromatic rings. The summed E-state index contributed by atoms with van der Waals surface area (Å²) in [5, 5.41) is 7.65. The summed E-state index contributed by atoms with van der Waals surface area (Å²) in [6.45, 7) is 0. The van der Waals surface area contributed by atoms with Crippen LogP contribution in [0.4, 0.5) is 0 Å². The van der Waals surface area contributed by atoms with Crippen LogP contribution in [0.1, 0.15) is 0 Å². The second-order valence-corrected chi connectivity index (χ2v) is 16.7. The van der Waals surface area contributed by atoms with Gasteiger partial charge in [0.15, 0.2) is 17.5 Å². The summed E-state index contributed by atoms with van der Waals surface area (Å²) in [4.78, 5) is 15.3. The Bertz CT molecular complexity index is 3570. The number of hydrogen-bond donors (Lipinski definition) is 0. The van der Waals surface area contributed by atoms with Crippen molar-refractivity contribution in [1.29, 1.82) is 0 Å². The summed E-state index contributed by atoms with van der Waals surface area (Å²) in [6, 6.07) is 87.0. The summed E-state index contributed by atoms with van der Waals surface area (Å²) in [6.07, 6.45) is 0. The van der Waals surface area contributed by atoms with Crippen molar-refractivity contribution >= 4 is 16.3 Å². The molecule has 5 heteroatoms. The number of benzene rings is 9. The van der Waals surface area contributed by atoms with Crippen molar-refractivity contribution in [2.24, 2.45) is 0 Å². The van der Waals surface area contributed by atoms with Crippen LogP contribution in [0.5, 0.6) is 0 Å². The van der Waals surface area contributed by atoms with Crippen molar-refractivity contribution in [3.05, 3.63) is 249 Å². The minimum Gasteiger partial charge on any atom is -0.231 e. The van der Waals surface area contributed by atoms with Gasteiger partial charge in [-0.1, -0.05) is 237 Å². The van der Waals surface area contributed by atoms with Crippen molar-refractivity contribution in [2.75, 3.05) is 0 Å². The number of rotatable bonds is 9. The molecular formula is C62H41N5. The van der Waals surface area contributed by atoms with E-state index in [1.165, 1.54) is 0 Å². The van der Waals surface area contributed by atoms with E-state index < -0.39 is 0 Å². The third-order valence-electron chi connectivity index (χ3n) is 12.5. The smallest absolute Gasteiger partial charge is 0.164 e. The summed E-state index contributed by atoms with van der Waals surface area (Å²) in [5.41, 5.74) is 17.0. The van der Waals surface area contributed by atoms with Gasteiger partial charge in [-0.05, 0) is 56.5 Å². The molecule has 0 atom stereocenters. The first-order chi connectivity index (χ1) is 33.2. The van der Waals surface area contributed by atoms with Gasteiger partial charge in [0.1, 0.15) is 5.69 Å². The summed E-state index contributed by atoms with van der Waals surface area (Å²) < 4.78 is 2.14. The number of fused-ring (bicyclic) bond motifs is 3. The highest BCUT2D eigenvalue weighted by atomic mass is 15.2. The van der Waals surface area contributed by atoms with E-state index >= 15 is 0 Å². The van der Waals surface area contributed by atoms with Gasteiger partial charge in [-0.15, -0.1) is 0 Å². The van der Waals surface area contributed by atoms with Crippen LogP contribution in [0, 0.1) is 0 Å². The molecule has 12 rings (SSSR count). The van der Waals surface area contributed by atoms with Gasteiger partial charge in [0.2, 0.25) is 0 Å². The lowest BCUT2D eigenvalue weighted by Gasteiger charge is -2.13. The maximum absolute atomic E-state index is 5.39. The molecule has 0 N–H and O–H groups in total. The molecule has 0 fully saturated rings. The first kappa shape index (κ1) is 39.5. The first-order valence-electron chi connectivity index (χ1n) is 22.5. The summed E-state index contributed by atoms with van der Waals surface area (Å²) in [7, 11) is 0. The maximum atomic E-state index is 5.39.